The Labute approximate surface area is 174 Å². The number of nitrogens with one attached hydrogen (secondary N) is 1. The number of nitrogens with zero attached hydrogens (tertiary/aromatic N) is 2. The van der Waals surface area contributed by atoms with Crippen molar-refractivity contribution in [2.75, 3.05) is 12.4 Å². The number of aliphatic carboxylic acids is 2. The first-order valence-electron chi connectivity index (χ1n) is 9.29. The average Bonchev–Trinajstić information content (AvgIpc) is 3.13. The summed E-state index contributed by atoms with van der Waals surface area (Å²) in [5.74, 6) is -1.95. The van der Waals surface area contributed by atoms with Gasteiger partial charge in [-0.3, -0.25) is 0 Å². The molecule has 0 saturated heterocycles. The number of imidazole rings is 1. The van der Waals surface area contributed by atoms with Crippen molar-refractivity contribution in [1.29, 1.82) is 0 Å². The molecule has 8 nitrogen and oxygen atoms in total. The van der Waals surface area contributed by atoms with Crippen LogP contribution in [0.1, 0.15) is 18.1 Å². The van der Waals surface area contributed by atoms with E-state index in [1.54, 1.807) is 7.11 Å². The maximum Gasteiger partial charge on any atom is 0.414 e. The van der Waals surface area contributed by atoms with Gasteiger partial charge in [0.1, 0.15) is 5.75 Å². The Balaban J connectivity index is 0.000000469. The first-order valence-corrected chi connectivity index (χ1v) is 9.29. The summed E-state index contributed by atoms with van der Waals surface area (Å²) in [6.07, 6.45) is 2.95. The third kappa shape index (κ3) is 6.10. The molecule has 0 amide bonds. The zero-order chi connectivity index (χ0) is 22.1. The number of ether oxygens (including phenoxy) is 1. The molecular weight excluding hydrogens is 386 g/mol. The molecule has 2 aromatic carbocycles. The van der Waals surface area contributed by atoms with Crippen LogP contribution in [0.5, 0.6) is 5.75 Å². The molecule has 30 heavy (non-hydrogen) atoms. The predicted molar refractivity (Wildman–Crippen MR) is 114 cm³/mol. The predicted octanol–water partition coefficient (Wildman–Crippen LogP) is 3.43. The fourth-order valence-corrected chi connectivity index (χ4v) is 2.70. The Morgan fingerprint density at radius 2 is 1.70 bits per heavy atom. The summed E-state index contributed by atoms with van der Waals surface area (Å²) in [6.45, 7) is 2.92. The number of aryl methyl sites for hydroxylation is 1. The standard InChI is InChI=1S/C20H23N3O.C2H2O4/c1-4-15-8-10-16(11-9-15)13-21-20-22-14-19(23(20)2)17-6-5-7-18(12-17)24-3;3-1(4)2(5)6/h5-12,14H,4,13H2,1-3H3,(H,21,22);(H,3,4)(H,5,6). The van der Waals surface area contributed by atoms with Gasteiger partial charge in [0.05, 0.1) is 19.0 Å². The fourth-order valence-electron chi connectivity index (χ4n) is 2.70. The molecule has 0 aliphatic heterocycles. The van der Waals surface area contributed by atoms with Crippen molar-refractivity contribution >= 4 is 17.9 Å². The molecule has 0 aliphatic carbocycles. The molecule has 3 aromatic rings. The summed E-state index contributed by atoms with van der Waals surface area (Å²) in [5.41, 5.74) is 4.75. The smallest absolute Gasteiger partial charge is 0.414 e. The molecule has 0 spiro atoms. The van der Waals surface area contributed by atoms with E-state index in [0.29, 0.717) is 0 Å². The van der Waals surface area contributed by atoms with Crippen LogP contribution in [0.3, 0.4) is 0 Å². The van der Waals surface area contributed by atoms with Crippen molar-refractivity contribution in [3.8, 4) is 17.0 Å². The number of hydrogen-bond acceptors (Lipinski definition) is 5. The Hall–Kier alpha value is -3.81. The van der Waals surface area contributed by atoms with Crippen LogP contribution in [0.25, 0.3) is 11.3 Å². The number of anilines is 1. The molecule has 0 atom stereocenters. The van der Waals surface area contributed by atoms with Crippen LogP contribution in [-0.2, 0) is 29.6 Å². The molecule has 0 fully saturated rings. The molecule has 158 valence electrons. The summed E-state index contributed by atoms with van der Waals surface area (Å²) < 4.78 is 7.37. The van der Waals surface area contributed by atoms with Gasteiger partial charge in [-0.05, 0) is 29.7 Å². The van der Waals surface area contributed by atoms with E-state index < -0.39 is 11.9 Å². The molecule has 0 radical (unpaired) electrons. The number of carboxylic acid groups (broad SMARTS) is 2. The quantitative estimate of drug-likeness (QED) is 0.533. The van der Waals surface area contributed by atoms with E-state index in [0.717, 1.165) is 35.9 Å². The summed E-state index contributed by atoms with van der Waals surface area (Å²) in [7, 11) is 3.70. The van der Waals surface area contributed by atoms with E-state index in [2.05, 4.69) is 52.1 Å². The Bertz CT molecular complexity index is 984. The second-order valence-corrected chi connectivity index (χ2v) is 6.39. The number of carbonyl (C=O) groups is 2. The maximum atomic E-state index is 9.10. The van der Waals surface area contributed by atoms with Crippen molar-refractivity contribution in [1.82, 2.24) is 9.55 Å². The Kier molecular flexibility index (Phi) is 7.99. The first kappa shape index (κ1) is 22.5. The second-order valence-electron chi connectivity index (χ2n) is 6.39. The van der Waals surface area contributed by atoms with Crippen molar-refractivity contribution < 1.29 is 24.5 Å². The molecule has 8 heteroatoms. The number of methoxy groups -OCH3 is 1. The zero-order valence-electron chi connectivity index (χ0n) is 17.1. The molecule has 1 heterocycles. The summed E-state index contributed by atoms with van der Waals surface area (Å²) in [5, 5.41) is 18.2. The van der Waals surface area contributed by atoms with E-state index in [1.165, 1.54) is 11.1 Å². The minimum atomic E-state index is -1.82. The van der Waals surface area contributed by atoms with Gasteiger partial charge in [-0.1, -0.05) is 43.3 Å². The Morgan fingerprint density at radius 3 is 2.27 bits per heavy atom. The van der Waals surface area contributed by atoms with E-state index >= 15 is 0 Å². The number of hydrogen-bond donors (Lipinski definition) is 3. The van der Waals surface area contributed by atoms with Crippen LogP contribution < -0.4 is 10.1 Å². The highest BCUT2D eigenvalue weighted by Crippen LogP contribution is 2.25. The van der Waals surface area contributed by atoms with Gasteiger partial charge in [-0.2, -0.15) is 0 Å². The van der Waals surface area contributed by atoms with Gasteiger partial charge in [-0.15, -0.1) is 0 Å². The van der Waals surface area contributed by atoms with Gasteiger partial charge in [0.2, 0.25) is 5.95 Å². The highest BCUT2D eigenvalue weighted by molar-refractivity contribution is 6.27. The molecule has 0 aliphatic rings. The monoisotopic (exact) mass is 411 g/mol. The van der Waals surface area contributed by atoms with Crippen LogP contribution in [-0.4, -0.2) is 38.8 Å². The molecule has 0 unspecified atom stereocenters. The lowest BCUT2D eigenvalue weighted by atomic mass is 10.1. The third-order valence-corrected chi connectivity index (χ3v) is 4.42. The minimum Gasteiger partial charge on any atom is -0.497 e. The number of benzene rings is 2. The maximum absolute atomic E-state index is 9.10. The number of aromatic nitrogens is 2. The number of rotatable bonds is 6. The van der Waals surface area contributed by atoms with E-state index in [4.69, 9.17) is 24.5 Å². The van der Waals surface area contributed by atoms with Gasteiger partial charge in [0.15, 0.2) is 0 Å². The summed E-state index contributed by atoms with van der Waals surface area (Å²) >= 11 is 0. The highest BCUT2D eigenvalue weighted by Gasteiger charge is 2.09. The molecule has 3 rings (SSSR count). The van der Waals surface area contributed by atoms with Gasteiger partial charge in [0, 0.05) is 19.2 Å². The SMILES string of the molecule is CCc1ccc(CNc2ncc(-c3cccc(OC)c3)n2C)cc1.O=C(O)C(=O)O. The highest BCUT2D eigenvalue weighted by atomic mass is 16.5. The summed E-state index contributed by atoms with van der Waals surface area (Å²) in [4.78, 5) is 22.7. The molecular formula is C22H25N3O5. The second kappa shape index (κ2) is 10.7. The lowest BCUT2D eigenvalue weighted by molar-refractivity contribution is -0.159. The van der Waals surface area contributed by atoms with E-state index in [-0.39, 0.29) is 0 Å². The van der Waals surface area contributed by atoms with Crippen LogP contribution in [0.4, 0.5) is 5.95 Å². The van der Waals surface area contributed by atoms with Crippen molar-refractivity contribution in [3.05, 3.63) is 65.9 Å². The van der Waals surface area contributed by atoms with Gasteiger partial charge < -0.3 is 24.8 Å². The third-order valence-electron chi connectivity index (χ3n) is 4.42. The van der Waals surface area contributed by atoms with E-state index in [9.17, 15) is 0 Å². The van der Waals surface area contributed by atoms with Crippen LogP contribution in [0, 0.1) is 0 Å². The van der Waals surface area contributed by atoms with Crippen molar-refractivity contribution in [2.24, 2.45) is 7.05 Å². The lowest BCUT2D eigenvalue weighted by Gasteiger charge is -2.09. The first-order chi connectivity index (χ1) is 14.3. The normalized spacial score (nSPS) is 9.97. The molecule has 0 saturated carbocycles. The number of carboxylic acids is 2. The van der Waals surface area contributed by atoms with Crippen molar-refractivity contribution in [2.45, 2.75) is 19.9 Å². The topological polar surface area (TPSA) is 114 Å². The van der Waals surface area contributed by atoms with Gasteiger partial charge in [-0.25, -0.2) is 14.6 Å². The molecule has 0 bridgehead atoms. The van der Waals surface area contributed by atoms with E-state index in [1.807, 2.05) is 31.4 Å². The lowest BCUT2D eigenvalue weighted by Crippen LogP contribution is -2.09. The zero-order valence-corrected chi connectivity index (χ0v) is 17.1. The fraction of sp³-hybridized carbons (Fsp3) is 0.227. The minimum absolute atomic E-state index is 0.756. The summed E-state index contributed by atoms with van der Waals surface area (Å²) in [6, 6.07) is 16.7. The van der Waals surface area contributed by atoms with Crippen LogP contribution in [0.2, 0.25) is 0 Å². The van der Waals surface area contributed by atoms with Gasteiger partial charge >= 0.3 is 11.9 Å². The Morgan fingerprint density at radius 1 is 1.07 bits per heavy atom. The van der Waals surface area contributed by atoms with Gasteiger partial charge in [0.25, 0.3) is 0 Å². The van der Waals surface area contributed by atoms with Crippen LogP contribution >= 0.6 is 0 Å². The van der Waals surface area contributed by atoms with Crippen LogP contribution in [0.15, 0.2) is 54.7 Å². The molecule has 3 N–H and O–H groups in total. The van der Waals surface area contributed by atoms with Crippen molar-refractivity contribution in [3.63, 3.8) is 0 Å². The average molecular weight is 411 g/mol. The largest absolute Gasteiger partial charge is 0.497 e. The molecule has 1 aromatic heterocycles.